The van der Waals surface area contributed by atoms with Gasteiger partial charge in [-0.3, -0.25) is 9.59 Å². The Morgan fingerprint density at radius 2 is 1.97 bits per heavy atom. The van der Waals surface area contributed by atoms with Gasteiger partial charge < -0.3 is 25.0 Å². The molecule has 3 amide bonds. The van der Waals surface area contributed by atoms with Crippen LogP contribution in [-0.4, -0.2) is 43.2 Å². The van der Waals surface area contributed by atoms with Gasteiger partial charge in [-0.05, 0) is 59.1 Å². The van der Waals surface area contributed by atoms with Crippen molar-refractivity contribution in [1.82, 2.24) is 5.32 Å². The Kier molecular flexibility index (Phi) is 7.58. The Morgan fingerprint density at radius 3 is 2.67 bits per heavy atom. The van der Waals surface area contributed by atoms with Crippen molar-refractivity contribution in [3.63, 3.8) is 0 Å². The number of halogens is 2. The summed E-state index contributed by atoms with van der Waals surface area (Å²) in [5.41, 5.74) is -0.00472. The highest BCUT2D eigenvalue weighted by Crippen LogP contribution is 2.34. The van der Waals surface area contributed by atoms with Gasteiger partial charge in [0, 0.05) is 12.2 Å². The molecule has 8 nitrogen and oxygen atoms in total. The molecule has 0 unspecified atom stereocenters. The number of rotatable bonds is 5. The van der Waals surface area contributed by atoms with Crippen molar-refractivity contribution in [2.24, 2.45) is 0 Å². The van der Waals surface area contributed by atoms with Crippen molar-refractivity contribution in [3.8, 4) is 5.06 Å². The smallest absolute Gasteiger partial charge is 0.399 e. The number of nitrogens with zero attached hydrogens (tertiary/aromatic N) is 1. The summed E-state index contributed by atoms with van der Waals surface area (Å²) in [6.45, 7) is 1.25. The van der Waals surface area contributed by atoms with Crippen molar-refractivity contribution in [3.05, 3.63) is 39.1 Å². The predicted octanol–water partition coefficient (Wildman–Crippen LogP) is 4.96. The molecule has 2 fully saturated rings. The number of ether oxygens (including phenoxy) is 2. The number of hydrogen-bond acceptors (Lipinski definition) is 6. The van der Waals surface area contributed by atoms with E-state index in [1.807, 2.05) is 0 Å². The third-order valence-corrected chi connectivity index (χ3v) is 7.50. The van der Waals surface area contributed by atoms with E-state index < -0.39 is 11.6 Å². The largest absolute Gasteiger partial charge is 0.414 e. The second kappa shape index (κ2) is 10.4. The van der Waals surface area contributed by atoms with Gasteiger partial charge in [-0.15, -0.1) is 0 Å². The van der Waals surface area contributed by atoms with Gasteiger partial charge in [0.15, 0.2) is 5.06 Å². The minimum atomic E-state index is -1.06. The standard InChI is InChI=1S/C22H23BrClN3O5S/c23-17-5-6-19(33-17)32-21(30)26-22(8-1-2-9-22)20(29)25-14-3-4-16(15(24)13-14)27-10-12-31-11-7-18(27)28/h3-6,13H,1-2,7-12H2,(H,25,29)(H,26,30). The SMILES string of the molecule is O=C(NC1(C(=O)Nc2ccc(N3CCOCCC3=O)c(Cl)c2)CCCC1)Oc1ccc(Br)s1. The van der Waals surface area contributed by atoms with E-state index in [2.05, 4.69) is 26.6 Å². The summed E-state index contributed by atoms with van der Waals surface area (Å²) < 4.78 is 11.5. The number of carbonyl (C=O) groups excluding carboxylic acids is 3. The number of anilines is 2. The highest BCUT2D eigenvalue weighted by atomic mass is 79.9. The molecule has 1 aromatic carbocycles. The summed E-state index contributed by atoms with van der Waals surface area (Å²) in [7, 11) is 0. The second-order valence-corrected chi connectivity index (χ2v) is 10.7. The van der Waals surface area contributed by atoms with Gasteiger partial charge in [-0.1, -0.05) is 35.8 Å². The molecule has 0 bridgehead atoms. The highest BCUT2D eigenvalue weighted by molar-refractivity contribution is 9.11. The van der Waals surface area contributed by atoms with Gasteiger partial charge in [0.25, 0.3) is 0 Å². The van der Waals surface area contributed by atoms with Crippen LogP contribution < -0.4 is 20.3 Å². The molecule has 1 aliphatic heterocycles. The average molecular weight is 557 g/mol. The zero-order valence-corrected chi connectivity index (χ0v) is 20.9. The monoisotopic (exact) mass is 555 g/mol. The summed E-state index contributed by atoms with van der Waals surface area (Å²) in [5.74, 6) is -0.385. The van der Waals surface area contributed by atoms with E-state index in [9.17, 15) is 14.4 Å². The molecule has 2 heterocycles. The molecule has 1 aromatic heterocycles. The Hall–Kier alpha value is -2.14. The van der Waals surface area contributed by atoms with E-state index in [1.165, 1.54) is 11.3 Å². The highest BCUT2D eigenvalue weighted by Gasteiger charge is 2.43. The molecule has 1 saturated carbocycles. The Balaban J connectivity index is 1.45. The number of nitrogens with one attached hydrogen (secondary N) is 2. The van der Waals surface area contributed by atoms with E-state index >= 15 is 0 Å². The van der Waals surface area contributed by atoms with Crippen LogP contribution in [-0.2, 0) is 14.3 Å². The molecule has 0 radical (unpaired) electrons. The van der Waals surface area contributed by atoms with Gasteiger partial charge in [0.05, 0.1) is 34.1 Å². The lowest BCUT2D eigenvalue weighted by Crippen LogP contribution is -2.55. The Morgan fingerprint density at radius 1 is 1.18 bits per heavy atom. The van der Waals surface area contributed by atoms with Crippen LogP contribution in [0.4, 0.5) is 16.2 Å². The summed E-state index contributed by atoms with van der Waals surface area (Å²) in [6.07, 6.45) is 2.28. The van der Waals surface area contributed by atoms with Crippen LogP contribution >= 0.6 is 38.9 Å². The molecule has 11 heteroatoms. The molecular weight excluding hydrogens is 534 g/mol. The molecule has 2 aromatic rings. The first-order valence-electron chi connectivity index (χ1n) is 10.6. The fourth-order valence-electron chi connectivity index (χ4n) is 4.04. The van der Waals surface area contributed by atoms with E-state index in [0.29, 0.717) is 60.5 Å². The van der Waals surface area contributed by atoms with E-state index in [-0.39, 0.29) is 11.8 Å². The maximum atomic E-state index is 13.2. The van der Waals surface area contributed by atoms with Gasteiger partial charge in [0.2, 0.25) is 11.8 Å². The van der Waals surface area contributed by atoms with Crippen molar-refractivity contribution < 1.29 is 23.9 Å². The van der Waals surface area contributed by atoms with Gasteiger partial charge in [-0.2, -0.15) is 0 Å². The van der Waals surface area contributed by atoms with E-state index in [0.717, 1.165) is 16.6 Å². The molecule has 33 heavy (non-hydrogen) atoms. The van der Waals surface area contributed by atoms with Crippen LogP contribution in [0, 0.1) is 0 Å². The normalized spacial score (nSPS) is 18.0. The molecule has 176 valence electrons. The van der Waals surface area contributed by atoms with Gasteiger partial charge in [-0.25, -0.2) is 4.79 Å². The van der Waals surface area contributed by atoms with Crippen LogP contribution in [0.2, 0.25) is 5.02 Å². The summed E-state index contributed by atoms with van der Waals surface area (Å²) in [6, 6.07) is 8.48. The quantitative estimate of drug-likeness (QED) is 0.543. The number of thiophene rings is 1. The third-order valence-electron chi connectivity index (χ3n) is 5.69. The van der Waals surface area contributed by atoms with E-state index in [4.69, 9.17) is 21.1 Å². The number of amides is 3. The van der Waals surface area contributed by atoms with Crippen molar-refractivity contribution in [2.45, 2.75) is 37.6 Å². The fraction of sp³-hybridized carbons (Fsp3) is 0.409. The van der Waals surface area contributed by atoms with Crippen LogP contribution in [0.15, 0.2) is 34.1 Å². The summed E-state index contributed by atoms with van der Waals surface area (Å²) in [4.78, 5) is 39.6. The van der Waals surface area contributed by atoms with Crippen molar-refractivity contribution >= 4 is 68.2 Å². The van der Waals surface area contributed by atoms with Gasteiger partial charge >= 0.3 is 6.09 Å². The number of hydrogen-bond donors (Lipinski definition) is 2. The molecule has 2 aliphatic rings. The summed E-state index contributed by atoms with van der Waals surface area (Å²) >= 11 is 11.1. The van der Waals surface area contributed by atoms with Gasteiger partial charge in [0.1, 0.15) is 5.54 Å². The zero-order valence-electron chi connectivity index (χ0n) is 17.7. The zero-order chi connectivity index (χ0) is 23.4. The van der Waals surface area contributed by atoms with Crippen LogP contribution in [0.25, 0.3) is 0 Å². The van der Waals surface area contributed by atoms with Crippen LogP contribution in [0.1, 0.15) is 32.1 Å². The lowest BCUT2D eigenvalue weighted by Gasteiger charge is -2.28. The van der Waals surface area contributed by atoms with E-state index in [1.54, 1.807) is 35.2 Å². The Bertz CT molecular complexity index is 1060. The lowest BCUT2D eigenvalue weighted by molar-refractivity contribution is -0.122. The number of benzene rings is 1. The lowest BCUT2D eigenvalue weighted by atomic mass is 9.96. The average Bonchev–Trinajstić information content (AvgIpc) is 3.35. The predicted molar refractivity (Wildman–Crippen MR) is 130 cm³/mol. The maximum Gasteiger partial charge on any atom is 0.414 e. The molecule has 2 N–H and O–H groups in total. The minimum absolute atomic E-state index is 0.0587. The second-order valence-electron chi connectivity index (χ2n) is 7.89. The first-order chi connectivity index (χ1) is 15.9. The molecule has 4 rings (SSSR count). The van der Waals surface area contributed by atoms with Crippen molar-refractivity contribution in [1.29, 1.82) is 0 Å². The summed E-state index contributed by atoms with van der Waals surface area (Å²) in [5, 5.41) is 6.43. The molecule has 0 atom stereocenters. The van der Waals surface area contributed by atoms with Crippen molar-refractivity contribution in [2.75, 3.05) is 30.0 Å². The first-order valence-corrected chi connectivity index (χ1v) is 12.6. The topological polar surface area (TPSA) is 97.0 Å². The molecular formula is C22H23BrClN3O5S. The minimum Gasteiger partial charge on any atom is -0.399 e. The molecule has 0 spiro atoms. The Labute approximate surface area is 208 Å². The fourth-order valence-corrected chi connectivity index (χ4v) is 5.51. The number of carbonyl (C=O) groups is 3. The molecule has 1 saturated heterocycles. The maximum absolute atomic E-state index is 13.2. The molecule has 1 aliphatic carbocycles. The third kappa shape index (κ3) is 5.68. The van der Waals surface area contributed by atoms with Crippen LogP contribution in [0.3, 0.4) is 0 Å². The first kappa shape index (κ1) is 24.0. The van der Waals surface area contributed by atoms with Crippen LogP contribution in [0.5, 0.6) is 5.06 Å².